The van der Waals surface area contributed by atoms with Crippen LogP contribution in [0.3, 0.4) is 0 Å². The first-order chi connectivity index (χ1) is 10.9. The van der Waals surface area contributed by atoms with Gasteiger partial charge in [-0.05, 0) is 52.0 Å². The predicted octanol–water partition coefficient (Wildman–Crippen LogP) is 3.38. The van der Waals surface area contributed by atoms with Gasteiger partial charge >= 0.3 is 0 Å². The number of nitrogens with two attached hydrogens (primary N) is 1. The van der Waals surface area contributed by atoms with Crippen LogP contribution in [-0.4, -0.2) is 13.4 Å². The topological polar surface area (TPSA) is 85.1 Å². The number of nitrogens with zero attached hydrogens (tertiary/aromatic N) is 1. The second kappa shape index (κ2) is 5.41. The summed E-state index contributed by atoms with van der Waals surface area (Å²) in [6.45, 7) is 0. The van der Waals surface area contributed by atoms with Crippen molar-refractivity contribution >= 4 is 43.0 Å². The van der Waals surface area contributed by atoms with E-state index in [1.54, 1.807) is 29.5 Å². The number of allylic oxidation sites excluding steroid dienone is 2. The Morgan fingerprint density at radius 3 is 2.91 bits per heavy atom. The zero-order valence-electron chi connectivity index (χ0n) is 11.9. The van der Waals surface area contributed by atoms with Crippen LogP contribution in [0.1, 0.15) is 29.6 Å². The van der Waals surface area contributed by atoms with Gasteiger partial charge in [-0.3, -0.25) is 0 Å². The van der Waals surface area contributed by atoms with Crippen LogP contribution in [0, 0.1) is 5.92 Å². The van der Waals surface area contributed by atoms with Crippen molar-refractivity contribution in [2.45, 2.75) is 23.3 Å². The third kappa shape index (κ3) is 2.63. The summed E-state index contributed by atoms with van der Waals surface area (Å²) in [5, 5.41) is 10.8. The molecule has 0 fully saturated rings. The summed E-state index contributed by atoms with van der Waals surface area (Å²) in [7, 11) is -3.70. The van der Waals surface area contributed by atoms with Gasteiger partial charge in [-0.2, -0.15) is 0 Å². The summed E-state index contributed by atoms with van der Waals surface area (Å²) < 4.78 is 24.1. The molecule has 120 valence electrons. The van der Waals surface area contributed by atoms with Crippen molar-refractivity contribution in [2.75, 3.05) is 5.32 Å². The number of nitrogens with one attached hydrogen (secondary N) is 1. The Kier molecular flexibility index (Phi) is 3.60. The number of fused-ring (bicyclic) bond motifs is 3. The van der Waals surface area contributed by atoms with Gasteiger partial charge in [0, 0.05) is 17.0 Å². The highest BCUT2D eigenvalue weighted by atomic mass is 79.9. The van der Waals surface area contributed by atoms with Crippen LogP contribution in [-0.2, 0) is 10.0 Å². The van der Waals surface area contributed by atoms with Crippen molar-refractivity contribution in [1.82, 2.24) is 4.98 Å². The zero-order chi connectivity index (χ0) is 16.2. The van der Waals surface area contributed by atoms with Gasteiger partial charge in [0.15, 0.2) is 3.92 Å². The number of aromatic nitrogens is 1. The Bertz CT molecular complexity index is 907. The molecule has 3 N–H and O–H groups in total. The Morgan fingerprint density at radius 1 is 1.39 bits per heavy atom. The van der Waals surface area contributed by atoms with Gasteiger partial charge in [-0.1, -0.05) is 12.2 Å². The highest BCUT2D eigenvalue weighted by molar-refractivity contribution is 9.11. The quantitative estimate of drug-likeness (QED) is 0.741. The molecular weight excluding hydrogens is 398 g/mol. The summed E-state index contributed by atoms with van der Waals surface area (Å²) in [5.41, 5.74) is 2.95. The van der Waals surface area contributed by atoms with Crippen molar-refractivity contribution in [3.8, 4) is 0 Å². The summed E-state index contributed by atoms with van der Waals surface area (Å²) in [4.78, 5) is 4.71. The first kappa shape index (κ1) is 15.3. The molecule has 0 saturated heterocycles. The fourth-order valence-corrected chi connectivity index (χ4v) is 5.06. The first-order valence-electron chi connectivity index (χ1n) is 7.14. The fraction of sp³-hybridized carbons (Fsp3) is 0.267. The Hall–Kier alpha value is -1.22. The number of halogens is 1. The number of anilines is 1. The maximum absolute atomic E-state index is 11.6. The SMILES string of the molecule is NS(=O)(=O)c1ccc2c(c1)C1C=CCC1C(c1csc(Br)n1)N2. The smallest absolute Gasteiger partial charge is 0.238 e. The number of thiazole rings is 1. The lowest BCUT2D eigenvalue weighted by Gasteiger charge is -2.36. The van der Waals surface area contributed by atoms with E-state index >= 15 is 0 Å². The van der Waals surface area contributed by atoms with E-state index in [0.717, 1.165) is 27.3 Å². The lowest BCUT2D eigenvalue weighted by Crippen LogP contribution is -2.29. The predicted molar refractivity (Wildman–Crippen MR) is 94.0 cm³/mol. The molecule has 0 saturated carbocycles. The van der Waals surface area contributed by atoms with Gasteiger partial charge in [0.25, 0.3) is 0 Å². The van der Waals surface area contributed by atoms with E-state index in [0.29, 0.717) is 5.92 Å². The van der Waals surface area contributed by atoms with Crippen LogP contribution in [0.4, 0.5) is 5.69 Å². The molecule has 2 aliphatic rings. The molecule has 4 rings (SSSR count). The molecule has 0 radical (unpaired) electrons. The average molecular weight is 412 g/mol. The molecule has 1 aromatic carbocycles. The highest BCUT2D eigenvalue weighted by Gasteiger charge is 2.39. The van der Waals surface area contributed by atoms with E-state index in [9.17, 15) is 8.42 Å². The van der Waals surface area contributed by atoms with E-state index in [1.165, 1.54) is 0 Å². The maximum Gasteiger partial charge on any atom is 0.238 e. The van der Waals surface area contributed by atoms with Crippen LogP contribution in [0.15, 0.2) is 44.5 Å². The van der Waals surface area contributed by atoms with Crippen LogP contribution in [0.5, 0.6) is 0 Å². The third-order valence-corrected chi connectivity index (χ3v) is 6.77. The van der Waals surface area contributed by atoms with Gasteiger partial charge in [0.2, 0.25) is 10.0 Å². The van der Waals surface area contributed by atoms with E-state index in [4.69, 9.17) is 5.14 Å². The minimum absolute atomic E-state index is 0.116. The van der Waals surface area contributed by atoms with E-state index < -0.39 is 10.0 Å². The summed E-state index contributed by atoms with van der Waals surface area (Å²) >= 11 is 4.99. The molecular formula is C15H14BrN3O2S2. The van der Waals surface area contributed by atoms with Gasteiger partial charge < -0.3 is 5.32 Å². The number of hydrogen-bond acceptors (Lipinski definition) is 5. The zero-order valence-corrected chi connectivity index (χ0v) is 15.2. The molecule has 2 aromatic rings. The fourth-order valence-electron chi connectivity index (χ4n) is 3.45. The van der Waals surface area contributed by atoms with Crippen molar-refractivity contribution in [1.29, 1.82) is 0 Å². The normalized spacial score (nSPS) is 25.7. The van der Waals surface area contributed by atoms with Crippen LogP contribution in [0.25, 0.3) is 0 Å². The van der Waals surface area contributed by atoms with Gasteiger partial charge in [0.05, 0.1) is 16.6 Å². The molecule has 0 amide bonds. The summed E-state index contributed by atoms with van der Waals surface area (Å²) in [5.74, 6) is 0.505. The van der Waals surface area contributed by atoms with Crippen molar-refractivity contribution in [3.63, 3.8) is 0 Å². The number of benzene rings is 1. The standard InChI is InChI=1S/C15H14BrN3O2S2/c16-15-19-13(7-22-15)14-10-3-1-2-9(10)11-6-8(23(17,20)21)4-5-12(11)18-14/h1-2,4-7,9-10,14,18H,3H2,(H2,17,20,21). The first-order valence-corrected chi connectivity index (χ1v) is 10.4. The van der Waals surface area contributed by atoms with Crippen LogP contribution >= 0.6 is 27.3 Å². The minimum Gasteiger partial charge on any atom is -0.376 e. The lowest BCUT2D eigenvalue weighted by molar-refractivity contribution is 0.419. The van der Waals surface area contributed by atoms with Crippen LogP contribution < -0.4 is 10.5 Å². The Labute approximate surface area is 146 Å². The summed E-state index contributed by atoms with van der Waals surface area (Å²) in [6, 6.07) is 5.16. The van der Waals surface area contributed by atoms with Gasteiger partial charge in [-0.15, -0.1) is 11.3 Å². The van der Waals surface area contributed by atoms with Crippen molar-refractivity contribution in [3.05, 3.63) is 50.9 Å². The maximum atomic E-state index is 11.6. The molecule has 0 bridgehead atoms. The van der Waals surface area contributed by atoms with E-state index in [-0.39, 0.29) is 16.9 Å². The van der Waals surface area contributed by atoms with Crippen LogP contribution in [0.2, 0.25) is 0 Å². The molecule has 3 atom stereocenters. The van der Waals surface area contributed by atoms with Gasteiger partial charge in [-0.25, -0.2) is 18.5 Å². The lowest BCUT2D eigenvalue weighted by atomic mass is 9.78. The monoisotopic (exact) mass is 411 g/mol. The number of rotatable bonds is 2. The molecule has 2 heterocycles. The van der Waals surface area contributed by atoms with Gasteiger partial charge in [0.1, 0.15) is 0 Å². The van der Waals surface area contributed by atoms with Crippen molar-refractivity contribution < 1.29 is 8.42 Å². The van der Waals surface area contributed by atoms with E-state index in [2.05, 4.69) is 43.8 Å². The molecule has 1 aromatic heterocycles. The second-order valence-corrected chi connectivity index (χ2v) is 9.49. The molecule has 1 aliphatic heterocycles. The number of hydrogen-bond donors (Lipinski definition) is 2. The summed E-state index contributed by atoms with van der Waals surface area (Å²) in [6.07, 6.45) is 5.26. The Morgan fingerprint density at radius 2 is 2.22 bits per heavy atom. The molecule has 8 heteroatoms. The molecule has 3 unspecified atom stereocenters. The number of sulfonamides is 1. The Balaban J connectivity index is 1.80. The largest absolute Gasteiger partial charge is 0.376 e. The highest BCUT2D eigenvalue weighted by Crippen LogP contribution is 2.50. The second-order valence-electron chi connectivity index (χ2n) is 5.79. The molecule has 0 spiro atoms. The van der Waals surface area contributed by atoms with Crippen molar-refractivity contribution in [2.24, 2.45) is 11.1 Å². The van der Waals surface area contributed by atoms with E-state index in [1.807, 2.05) is 0 Å². The number of primary sulfonamides is 1. The third-order valence-electron chi connectivity index (χ3n) is 4.48. The molecule has 5 nitrogen and oxygen atoms in total. The minimum atomic E-state index is -3.70. The average Bonchev–Trinajstić information content (AvgIpc) is 3.13. The molecule has 1 aliphatic carbocycles. The molecule has 23 heavy (non-hydrogen) atoms.